The summed E-state index contributed by atoms with van der Waals surface area (Å²) in [6, 6.07) is 10.9. The molecule has 1 aromatic carbocycles. The Kier molecular flexibility index (Phi) is 6.05. The number of allylic oxidation sites excluding steroid dienone is 1. The number of aliphatic hydroxyl groups excluding tert-OH is 1. The van der Waals surface area contributed by atoms with E-state index in [1.807, 2.05) is 18.2 Å². The lowest BCUT2D eigenvalue weighted by atomic mass is 9.47. The molecule has 5 heteroatoms. The first-order chi connectivity index (χ1) is 20.8. The van der Waals surface area contributed by atoms with Crippen LogP contribution < -0.4 is 5.32 Å². The minimum atomic E-state index is -0.215. The van der Waals surface area contributed by atoms with Crippen molar-refractivity contribution in [3.05, 3.63) is 47.5 Å². The number of nitrogens with one attached hydrogen (secondary N) is 1. The van der Waals surface area contributed by atoms with Crippen molar-refractivity contribution >= 4 is 5.91 Å². The number of fused-ring (bicyclic) bond motifs is 6. The van der Waals surface area contributed by atoms with Crippen molar-refractivity contribution in [1.29, 1.82) is 0 Å². The van der Waals surface area contributed by atoms with Crippen LogP contribution in [0.1, 0.15) is 90.0 Å². The van der Waals surface area contributed by atoms with E-state index < -0.39 is 0 Å². The van der Waals surface area contributed by atoms with Crippen molar-refractivity contribution in [2.75, 3.05) is 19.6 Å². The van der Waals surface area contributed by atoms with E-state index in [9.17, 15) is 9.90 Å². The molecule has 2 unspecified atom stereocenters. The lowest BCUT2D eigenvalue weighted by Crippen LogP contribution is -2.64. The molecular formula is C38H52N2O3. The van der Waals surface area contributed by atoms with Crippen molar-refractivity contribution in [2.45, 2.75) is 115 Å². The van der Waals surface area contributed by atoms with Crippen molar-refractivity contribution < 1.29 is 14.6 Å². The standard InChI is InChI=1S/C38H52N2O3/c1-24-18-32-34(40(22-24)17-16-39-33(42)11-8-25-6-4-3-5-7-25)31-21-37-23-36(37)20-30-28(29(36)13-15-38(31,37)43-32)10-9-26-19-27(41)12-14-35(26,30)2/h3-7,19,24,27-32,34,41H,8-18,20-23H2,1-2H3,(H,39,42)/t24-,27-,28-,29-,30-,31+,32+,34-,35-,36?,37?,38+/m0/s1. The maximum atomic E-state index is 12.7. The number of aliphatic hydroxyl groups is 1. The van der Waals surface area contributed by atoms with Crippen LogP contribution in [0.3, 0.4) is 0 Å². The molecule has 232 valence electrons. The summed E-state index contributed by atoms with van der Waals surface area (Å²) in [7, 11) is 0. The molecule has 2 aliphatic heterocycles. The lowest BCUT2D eigenvalue weighted by molar-refractivity contribution is -0.211. The van der Waals surface area contributed by atoms with Gasteiger partial charge in [0.25, 0.3) is 0 Å². The zero-order valence-corrected chi connectivity index (χ0v) is 26.4. The molecule has 6 aliphatic carbocycles. The van der Waals surface area contributed by atoms with E-state index in [0.717, 1.165) is 50.2 Å². The molecule has 0 bridgehead atoms. The molecule has 2 N–H and O–H groups in total. The Morgan fingerprint density at radius 2 is 1.95 bits per heavy atom. The highest BCUT2D eigenvalue weighted by Gasteiger charge is 2.91. The molecule has 43 heavy (non-hydrogen) atoms. The van der Waals surface area contributed by atoms with Crippen molar-refractivity contribution in [1.82, 2.24) is 10.2 Å². The van der Waals surface area contributed by atoms with Gasteiger partial charge in [-0.1, -0.05) is 55.8 Å². The number of carbonyl (C=O) groups is 1. The number of ether oxygens (including phenoxy) is 1. The first-order valence-corrected chi connectivity index (χ1v) is 17.9. The fraction of sp³-hybridized carbons (Fsp3) is 0.763. The van der Waals surface area contributed by atoms with E-state index in [0.29, 0.717) is 46.6 Å². The van der Waals surface area contributed by atoms with Gasteiger partial charge in [0.15, 0.2) is 0 Å². The van der Waals surface area contributed by atoms with Gasteiger partial charge in [0.05, 0.1) is 17.8 Å². The molecule has 7 fully saturated rings. The molecule has 0 radical (unpaired) electrons. The third-order valence-electron chi connectivity index (χ3n) is 15.2. The number of amides is 1. The zero-order chi connectivity index (χ0) is 29.2. The number of hydrogen-bond acceptors (Lipinski definition) is 4. The van der Waals surface area contributed by atoms with Gasteiger partial charge in [-0.2, -0.15) is 0 Å². The molecule has 2 heterocycles. The molecule has 5 saturated carbocycles. The van der Waals surface area contributed by atoms with Crippen LogP contribution in [0.5, 0.6) is 0 Å². The van der Waals surface area contributed by atoms with Gasteiger partial charge in [-0.3, -0.25) is 9.69 Å². The summed E-state index contributed by atoms with van der Waals surface area (Å²) in [4.78, 5) is 15.4. The second-order valence-electron chi connectivity index (χ2n) is 16.8. The topological polar surface area (TPSA) is 61.8 Å². The number of piperidine rings is 1. The van der Waals surface area contributed by atoms with E-state index >= 15 is 0 Å². The number of carbonyl (C=O) groups excluding carboxylic acids is 1. The highest BCUT2D eigenvalue weighted by molar-refractivity contribution is 5.76. The number of nitrogens with zero attached hydrogens (tertiary/aromatic N) is 1. The summed E-state index contributed by atoms with van der Waals surface area (Å²) in [5.74, 6) is 4.10. The predicted molar refractivity (Wildman–Crippen MR) is 167 cm³/mol. The number of benzene rings is 1. The lowest BCUT2D eigenvalue weighted by Gasteiger charge is -2.60. The van der Waals surface area contributed by atoms with Crippen LogP contribution in [0.2, 0.25) is 0 Å². The maximum absolute atomic E-state index is 12.7. The van der Waals surface area contributed by atoms with Crippen molar-refractivity contribution in [3.63, 3.8) is 0 Å². The molecule has 5 nitrogen and oxygen atoms in total. The van der Waals surface area contributed by atoms with Crippen LogP contribution in [0.25, 0.3) is 0 Å². The Morgan fingerprint density at radius 3 is 2.81 bits per heavy atom. The quantitative estimate of drug-likeness (QED) is 0.409. The Morgan fingerprint density at radius 1 is 1.09 bits per heavy atom. The molecule has 2 saturated heterocycles. The van der Waals surface area contributed by atoms with Crippen molar-refractivity contribution in [2.24, 2.45) is 45.8 Å². The molecule has 0 aromatic heterocycles. The summed E-state index contributed by atoms with van der Waals surface area (Å²) in [6.07, 6.45) is 16.6. The van der Waals surface area contributed by atoms with E-state index in [1.165, 1.54) is 63.4 Å². The van der Waals surface area contributed by atoms with Gasteiger partial charge < -0.3 is 15.2 Å². The monoisotopic (exact) mass is 584 g/mol. The van der Waals surface area contributed by atoms with Gasteiger partial charge in [0.2, 0.25) is 5.91 Å². The summed E-state index contributed by atoms with van der Waals surface area (Å²) < 4.78 is 7.44. The van der Waals surface area contributed by atoms with Crippen LogP contribution in [0, 0.1) is 45.8 Å². The molecule has 1 aromatic rings. The largest absolute Gasteiger partial charge is 0.389 e. The Labute approximate surface area is 258 Å². The molecule has 1 amide bonds. The van der Waals surface area contributed by atoms with Crippen LogP contribution in [-0.4, -0.2) is 59.4 Å². The van der Waals surface area contributed by atoms with Gasteiger partial charge in [0.1, 0.15) is 0 Å². The second-order valence-corrected chi connectivity index (χ2v) is 16.8. The van der Waals surface area contributed by atoms with E-state index in [1.54, 1.807) is 5.57 Å². The molecule has 12 atom stereocenters. The summed E-state index contributed by atoms with van der Waals surface area (Å²) in [5, 5.41) is 13.7. The third-order valence-corrected chi connectivity index (χ3v) is 15.2. The molecular weight excluding hydrogens is 532 g/mol. The first-order valence-electron chi connectivity index (χ1n) is 17.9. The van der Waals surface area contributed by atoms with Gasteiger partial charge in [0, 0.05) is 43.4 Å². The van der Waals surface area contributed by atoms with Gasteiger partial charge in [-0.15, -0.1) is 0 Å². The van der Waals surface area contributed by atoms with Crippen LogP contribution >= 0.6 is 0 Å². The number of hydrogen-bond donors (Lipinski definition) is 2. The van der Waals surface area contributed by atoms with Gasteiger partial charge in [-0.25, -0.2) is 0 Å². The highest BCUT2D eigenvalue weighted by atomic mass is 16.5. The Balaban J connectivity index is 0.894. The number of likely N-dealkylation sites (tertiary alicyclic amines) is 1. The van der Waals surface area contributed by atoms with Crippen LogP contribution in [0.15, 0.2) is 42.0 Å². The maximum Gasteiger partial charge on any atom is 0.220 e. The molecule has 8 aliphatic rings. The fourth-order valence-electron chi connectivity index (χ4n) is 13.5. The van der Waals surface area contributed by atoms with E-state index in [4.69, 9.17) is 4.74 Å². The summed E-state index contributed by atoms with van der Waals surface area (Å²) in [5.41, 5.74) is 4.24. The van der Waals surface area contributed by atoms with E-state index in [2.05, 4.69) is 42.3 Å². The van der Waals surface area contributed by atoms with Crippen LogP contribution in [-0.2, 0) is 16.0 Å². The van der Waals surface area contributed by atoms with Crippen LogP contribution in [0.4, 0.5) is 0 Å². The average molecular weight is 585 g/mol. The summed E-state index contributed by atoms with van der Waals surface area (Å²) >= 11 is 0. The summed E-state index contributed by atoms with van der Waals surface area (Å²) in [6.45, 7) is 7.81. The number of rotatable bonds is 6. The second kappa shape index (κ2) is 9.42. The number of aryl methyl sites for hydroxylation is 1. The minimum Gasteiger partial charge on any atom is -0.389 e. The smallest absolute Gasteiger partial charge is 0.220 e. The SMILES string of the molecule is C[C@H]1C[C@H]2O[C@@]34CC[C@H]5[C@@H]6CCC7=C[C@@H](O)CC[C@]7(C)[C@H]6CC56CC63C[C@@H]4[C@@H]2N(CCNC(=O)CCc2ccccc2)C1. The minimum absolute atomic E-state index is 0.121. The predicted octanol–water partition coefficient (Wildman–Crippen LogP) is 5.91. The van der Waals surface area contributed by atoms with Crippen molar-refractivity contribution in [3.8, 4) is 0 Å². The van der Waals surface area contributed by atoms with E-state index in [-0.39, 0.29) is 17.6 Å². The third kappa shape index (κ3) is 3.65. The molecule has 9 rings (SSSR count). The Hall–Kier alpha value is -1.69. The zero-order valence-electron chi connectivity index (χ0n) is 26.4. The molecule has 3 spiro atoms. The average Bonchev–Trinajstić information content (AvgIpc) is 3.48. The Bertz CT molecular complexity index is 1330. The first kappa shape index (κ1) is 27.6. The van der Waals surface area contributed by atoms with Gasteiger partial charge >= 0.3 is 0 Å². The highest BCUT2D eigenvalue weighted by Crippen LogP contribution is 2.93. The normalized spacial score (nSPS) is 50.4. The van der Waals surface area contributed by atoms with Gasteiger partial charge in [-0.05, 0) is 111 Å². The fourth-order valence-corrected chi connectivity index (χ4v) is 13.5.